The first-order chi connectivity index (χ1) is 20.7. The Morgan fingerprint density at radius 2 is 1.84 bits per heavy atom. The minimum Gasteiger partial charge on any atom is -0.390 e. The molecule has 15 heteroatoms. The molecule has 2 aromatic carbocycles. The van der Waals surface area contributed by atoms with Gasteiger partial charge in [0.1, 0.15) is 5.82 Å². The van der Waals surface area contributed by atoms with Gasteiger partial charge in [0.25, 0.3) is 5.91 Å². The normalized spacial score (nSPS) is 17.1. The van der Waals surface area contributed by atoms with E-state index in [1.165, 1.54) is 22.5 Å². The number of nitrogens with zero attached hydrogens (tertiary/aromatic N) is 4. The van der Waals surface area contributed by atoms with Crippen LogP contribution in [0.4, 0.5) is 17.6 Å². The second kappa shape index (κ2) is 12.8. The average molecular weight is 658 g/mol. The molecule has 2 aliphatic heterocycles. The summed E-state index contributed by atoms with van der Waals surface area (Å²) in [4.78, 5) is 14.8. The number of likely N-dealkylation sites (tertiary alicyclic amines) is 1. The van der Waals surface area contributed by atoms with Crippen LogP contribution in [-0.4, -0.2) is 77.0 Å². The highest BCUT2D eigenvalue weighted by Gasteiger charge is 2.35. The molecular weight excluding hydrogens is 626 g/mol. The molecule has 1 fully saturated rings. The maximum absolute atomic E-state index is 14.0. The van der Waals surface area contributed by atoms with Gasteiger partial charge in [0.15, 0.2) is 0 Å². The van der Waals surface area contributed by atoms with E-state index in [0.717, 1.165) is 50.4 Å². The minimum atomic E-state index is -4.73. The lowest BCUT2D eigenvalue weighted by Gasteiger charge is -2.26. The van der Waals surface area contributed by atoms with Crippen LogP contribution in [0.15, 0.2) is 36.4 Å². The molecule has 1 saturated heterocycles. The third-order valence-corrected chi connectivity index (χ3v) is 9.46. The minimum absolute atomic E-state index is 0.0237. The Labute approximate surface area is 257 Å². The number of rotatable bonds is 9. The van der Waals surface area contributed by atoms with Gasteiger partial charge in [0.2, 0.25) is 10.0 Å². The van der Waals surface area contributed by atoms with Crippen molar-refractivity contribution < 1.29 is 35.9 Å². The van der Waals surface area contributed by atoms with E-state index in [1.54, 1.807) is 4.68 Å². The second-order valence-corrected chi connectivity index (χ2v) is 13.5. The van der Waals surface area contributed by atoms with Crippen molar-refractivity contribution in [2.75, 3.05) is 32.4 Å². The van der Waals surface area contributed by atoms with Crippen LogP contribution in [0.3, 0.4) is 0 Å². The van der Waals surface area contributed by atoms with Gasteiger partial charge in [-0.1, -0.05) is 17.7 Å². The first kappa shape index (κ1) is 32.4. The summed E-state index contributed by atoms with van der Waals surface area (Å²) in [5.74, 6) is -1.49. The zero-order chi connectivity index (χ0) is 31.8. The van der Waals surface area contributed by atoms with Crippen LogP contribution in [0.1, 0.15) is 45.6 Å². The SMILES string of the molecule is CS(=O)(=O)N1CCc2c(c(-c3ccc(C(F)(F)F)c(CNC(=O)c4ccc(F)c(Cl)c4)c3)nn2CC(O)CN2CCCC2)C1. The van der Waals surface area contributed by atoms with Gasteiger partial charge in [0, 0.05) is 55.0 Å². The number of amides is 1. The highest BCUT2D eigenvalue weighted by molar-refractivity contribution is 7.88. The number of halogens is 5. The molecule has 1 atom stereocenters. The van der Waals surface area contributed by atoms with Crippen molar-refractivity contribution >= 4 is 27.5 Å². The van der Waals surface area contributed by atoms with Crippen molar-refractivity contribution in [2.45, 2.75) is 51.2 Å². The van der Waals surface area contributed by atoms with Gasteiger partial charge in [0.05, 0.1) is 35.2 Å². The Kier molecular flexibility index (Phi) is 9.38. The lowest BCUT2D eigenvalue weighted by Crippen LogP contribution is -2.37. The number of hydrogen-bond donors (Lipinski definition) is 2. The predicted molar refractivity (Wildman–Crippen MR) is 156 cm³/mol. The number of nitrogens with one attached hydrogen (secondary N) is 1. The standard InChI is InChI=1S/C29H32ClF4N5O4S/c1-44(42,43)38-11-8-26-22(17-38)27(36-39(26)16-21(40)15-37-9-2-3-10-37)18-4-6-23(29(32,33)34)20(12-18)14-35-28(41)19-5-7-25(31)24(30)13-19/h4-7,12-13,21,40H,2-3,8-11,14-17H2,1H3,(H,35,41). The third kappa shape index (κ3) is 7.26. The van der Waals surface area contributed by atoms with Crippen LogP contribution in [0.2, 0.25) is 5.02 Å². The molecule has 0 saturated carbocycles. The molecule has 9 nitrogen and oxygen atoms in total. The van der Waals surface area contributed by atoms with Crippen LogP contribution in [0.25, 0.3) is 11.3 Å². The molecule has 44 heavy (non-hydrogen) atoms. The zero-order valence-electron chi connectivity index (χ0n) is 23.9. The largest absolute Gasteiger partial charge is 0.416 e. The third-order valence-electron chi connectivity index (χ3n) is 7.92. The molecule has 1 aromatic heterocycles. The Hall–Kier alpha value is -3.04. The number of aliphatic hydroxyl groups excluding tert-OH is 1. The molecule has 1 amide bonds. The van der Waals surface area contributed by atoms with E-state index in [4.69, 9.17) is 11.6 Å². The molecule has 5 rings (SSSR count). The first-order valence-corrected chi connectivity index (χ1v) is 16.3. The van der Waals surface area contributed by atoms with Crippen LogP contribution in [-0.2, 0) is 42.3 Å². The van der Waals surface area contributed by atoms with Gasteiger partial charge in [-0.25, -0.2) is 12.8 Å². The molecule has 3 aromatic rings. The fourth-order valence-electron chi connectivity index (χ4n) is 5.73. The van der Waals surface area contributed by atoms with Crippen molar-refractivity contribution in [3.8, 4) is 11.3 Å². The Bertz CT molecular complexity index is 1660. The summed E-state index contributed by atoms with van der Waals surface area (Å²) in [5, 5.41) is 17.7. The summed E-state index contributed by atoms with van der Waals surface area (Å²) in [5.41, 5.74) is 0.617. The smallest absolute Gasteiger partial charge is 0.390 e. The fourth-order valence-corrected chi connectivity index (χ4v) is 6.70. The quantitative estimate of drug-likeness (QED) is 0.336. The number of aromatic nitrogens is 2. The maximum atomic E-state index is 14.0. The number of β-amino-alcohol motifs (C(OH)–C–C–N with tert-alkyl or cyclic N) is 1. The number of benzene rings is 2. The lowest BCUT2D eigenvalue weighted by atomic mass is 9.97. The van der Waals surface area contributed by atoms with Gasteiger partial charge in [-0.15, -0.1) is 0 Å². The van der Waals surface area contributed by atoms with Crippen LogP contribution in [0.5, 0.6) is 0 Å². The number of carbonyl (C=O) groups is 1. The number of aliphatic hydroxyl groups is 1. The summed E-state index contributed by atoms with van der Waals surface area (Å²) in [6.07, 6.45) is -1.96. The van der Waals surface area contributed by atoms with Gasteiger partial charge >= 0.3 is 6.18 Å². The molecule has 0 radical (unpaired) electrons. The molecule has 0 bridgehead atoms. The summed E-state index contributed by atoms with van der Waals surface area (Å²) in [7, 11) is -3.57. The van der Waals surface area contributed by atoms with E-state index >= 15 is 0 Å². The molecule has 3 heterocycles. The fraction of sp³-hybridized carbons (Fsp3) is 0.448. The average Bonchev–Trinajstić information content (AvgIpc) is 3.59. The van der Waals surface area contributed by atoms with Crippen LogP contribution < -0.4 is 5.32 Å². The molecule has 0 spiro atoms. The first-order valence-electron chi connectivity index (χ1n) is 14.1. The van der Waals surface area contributed by atoms with Crippen molar-refractivity contribution in [1.82, 2.24) is 24.3 Å². The van der Waals surface area contributed by atoms with Crippen molar-refractivity contribution in [1.29, 1.82) is 0 Å². The highest BCUT2D eigenvalue weighted by atomic mass is 35.5. The van der Waals surface area contributed by atoms with E-state index in [0.29, 0.717) is 35.5 Å². The van der Waals surface area contributed by atoms with E-state index < -0.39 is 46.1 Å². The molecule has 2 N–H and O–H groups in total. The monoisotopic (exact) mass is 657 g/mol. The highest BCUT2D eigenvalue weighted by Crippen LogP contribution is 2.37. The zero-order valence-corrected chi connectivity index (χ0v) is 25.4. The number of hydrogen-bond acceptors (Lipinski definition) is 6. The second-order valence-electron chi connectivity index (χ2n) is 11.1. The summed E-state index contributed by atoms with van der Waals surface area (Å²) < 4.78 is 83.2. The molecule has 0 aliphatic carbocycles. The number of sulfonamides is 1. The van der Waals surface area contributed by atoms with Crippen LogP contribution >= 0.6 is 11.6 Å². The number of alkyl halides is 3. The Morgan fingerprint density at radius 3 is 2.50 bits per heavy atom. The molecule has 2 aliphatic rings. The lowest BCUT2D eigenvalue weighted by molar-refractivity contribution is -0.138. The maximum Gasteiger partial charge on any atom is 0.416 e. The Morgan fingerprint density at radius 1 is 1.11 bits per heavy atom. The van der Waals surface area contributed by atoms with E-state index in [1.807, 2.05) is 0 Å². The Balaban J connectivity index is 1.48. The topological polar surface area (TPSA) is 108 Å². The van der Waals surface area contributed by atoms with Gasteiger partial charge in [-0.2, -0.15) is 22.6 Å². The summed E-state index contributed by atoms with van der Waals surface area (Å²) >= 11 is 5.75. The van der Waals surface area contributed by atoms with Gasteiger partial charge in [-0.05, 0) is 61.8 Å². The van der Waals surface area contributed by atoms with E-state index in [-0.39, 0.29) is 35.8 Å². The van der Waals surface area contributed by atoms with Crippen molar-refractivity contribution in [2.24, 2.45) is 0 Å². The molecule has 1 unspecified atom stereocenters. The van der Waals surface area contributed by atoms with Crippen LogP contribution in [0, 0.1) is 5.82 Å². The van der Waals surface area contributed by atoms with E-state index in [9.17, 15) is 35.9 Å². The van der Waals surface area contributed by atoms with Crippen molar-refractivity contribution in [3.05, 3.63) is 75.2 Å². The number of fused-ring (bicyclic) bond motifs is 1. The molecular formula is C29H32ClF4N5O4S. The molecule has 238 valence electrons. The van der Waals surface area contributed by atoms with Gasteiger partial charge < -0.3 is 15.3 Å². The number of carbonyl (C=O) groups excluding carboxylic acids is 1. The predicted octanol–water partition coefficient (Wildman–Crippen LogP) is 4.07. The summed E-state index contributed by atoms with van der Waals surface area (Å²) in [6.45, 7) is 2.04. The van der Waals surface area contributed by atoms with Gasteiger partial charge in [-0.3, -0.25) is 9.48 Å². The summed E-state index contributed by atoms with van der Waals surface area (Å²) in [6, 6.07) is 6.67. The van der Waals surface area contributed by atoms with E-state index in [2.05, 4.69) is 15.3 Å². The van der Waals surface area contributed by atoms with Crippen molar-refractivity contribution in [3.63, 3.8) is 0 Å².